The van der Waals surface area contributed by atoms with Gasteiger partial charge in [-0.1, -0.05) is 18.2 Å². The fourth-order valence-electron chi connectivity index (χ4n) is 2.82. The van der Waals surface area contributed by atoms with Crippen LogP contribution in [0.3, 0.4) is 0 Å². The van der Waals surface area contributed by atoms with Crippen LogP contribution in [0, 0.1) is 13.8 Å². The van der Waals surface area contributed by atoms with Crippen molar-refractivity contribution in [2.24, 2.45) is 11.5 Å². The van der Waals surface area contributed by atoms with Crippen LogP contribution in [-0.2, 0) is 11.2 Å². The summed E-state index contributed by atoms with van der Waals surface area (Å²) >= 11 is 1.52. The SMILES string of the molecule is Cc1sc(-n2cc(CC(N)=O)c3ccccc32)c(C(N)=O)c1C. The number of para-hydroxylation sites is 1. The molecule has 0 bridgehead atoms. The van der Waals surface area contributed by atoms with Crippen LogP contribution in [0.25, 0.3) is 15.9 Å². The Kier molecular flexibility index (Phi) is 3.69. The van der Waals surface area contributed by atoms with Crippen LogP contribution >= 0.6 is 11.3 Å². The maximum atomic E-state index is 11.9. The molecule has 23 heavy (non-hydrogen) atoms. The van der Waals surface area contributed by atoms with Crippen LogP contribution in [-0.4, -0.2) is 16.4 Å². The van der Waals surface area contributed by atoms with Crippen LogP contribution in [0.5, 0.6) is 0 Å². The molecule has 0 unspecified atom stereocenters. The molecule has 3 aromatic rings. The Labute approximate surface area is 137 Å². The van der Waals surface area contributed by atoms with Gasteiger partial charge in [-0.15, -0.1) is 11.3 Å². The molecule has 0 saturated heterocycles. The van der Waals surface area contributed by atoms with Gasteiger partial charge in [-0.3, -0.25) is 9.59 Å². The molecule has 1 aromatic carbocycles. The first-order chi connectivity index (χ1) is 10.9. The van der Waals surface area contributed by atoms with Gasteiger partial charge in [-0.05, 0) is 31.0 Å². The second-order valence-corrected chi connectivity index (χ2v) is 6.72. The fraction of sp³-hybridized carbons (Fsp3) is 0.176. The lowest BCUT2D eigenvalue weighted by Crippen LogP contribution is -2.14. The summed E-state index contributed by atoms with van der Waals surface area (Å²) in [5.41, 5.74) is 14.1. The van der Waals surface area contributed by atoms with Gasteiger partial charge in [0.25, 0.3) is 5.91 Å². The van der Waals surface area contributed by atoms with Gasteiger partial charge in [0.2, 0.25) is 5.91 Å². The quantitative estimate of drug-likeness (QED) is 0.770. The van der Waals surface area contributed by atoms with Crippen LogP contribution in [0.2, 0.25) is 0 Å². The normalized spacial score (nSPS) is 11.0. The Balaban J connectivity index is 2.31. The van der Waals surface area contributed by atoms with Gasteiger partial charge in [-0.2, -0.15) is 0 Å². The number of benzene rings is 1. The van der Waals surface area contributed by atoms with Crippen molar-refractivity contribution < 1.29 is 9.59 Å². The number of nitrogens with two attached hydrogens (primary N) is 2. The van der Waals surface area contributed by atoms with E-state index in [2.05, 4.69) is 0 Å². The van der Waals surface area contributed by atoms with E-state index in [9.17, 15) is 9.59 Å². The van der Waals surface area contributed by atoms with Gasteiger partial charge in [0.1, 0.15) is 5.00 Å². The standard InChI is InChI=1S/C17H17N3O2S/c1-9-10(2)23-17(15(9)16(19)22)20-8-11(7-14(18)21)12-5-3-4-6-13(12)20/h3-6,8H,7H2,1-2H3,(H2,18,21)(H2,19,22). The maximum Gasteiger partial charge on any atom is 0.252 e. The lowest BCUT2D eigenvalue weighted by molar-refractivity contribution is -0.117. The van der Waals surface area contributed by atoms with Gasteiger partial charge >= 0.3 is 0 Å². The first-order valence-corrected chi connectivity index (χ1v) is 7.99. The molecule has 0 spiro atoms. The van der Waals surface area contributed by atoms with Crippen molar-refractivity contribution in [2.75, 3.05) is 0 Å². The molecule has 2 aromatic heterocycles. The topological polar surface area (TPSA) is 91.1 Å². The van der Waals surface area contributed by atoms with Crippen molar-refractivity contribution in [1.29, 1.82) is 0 Å². The zero-order valence-corrected chi connectivity index (χ0v) is 13.7. The largest absolute Gasteiger partial charge is 0.369 e. The lowest BCUT2D eigenvalue weighted by atomic mass is 10.1. The third-order valence-corrected chi connectivity index (χ3v) is 5.20. The van der Waals surface area contributed by atoms with E-state index in [4.69, 9.17) is 11.5 Å². The third-order valence-electron chi connectivity index (χ3n) is 3.99. The summed E-state index contributed by atoms with van der Waals surface area (Å²) in [4.78, 5) is 24.3. The summed E-state index contributed by atoms with van der Waals surface area (Å²) in [6, 6.07) is 7.73. The number of hydrogen-bond donors (Lipinski definition) is 2. The van der Waals surface area contributed by atoms with Crippen LogP contribution in [0.15, 0.2) is 30.5 Å². The molecule has 0 saturated carbocycles. The van der Waals surface area contributed by atoms with Crippen molar-refractivity contribution in [1.82, 2.24) is 4.57 Å². The van der Waals surface area contributed by atoms with Crippen molar-refractivity contribution in [2.45, 2.75) is 20.3 Å². The number of amides is 2. The Hall–Kier alpha value is -2.60. The van der Waals surface area contributed by atoms with Gasteiger partial charge < -0.3 is 16.0 Å². The van der Waals surface area contributed by atoms with Crippen molar-refractivity contribution in [3.63, 3.8) is 0 Å². The summed E-state index contributed by atoms with van der Waals surface area (Å²) in [6.45, 7) is 3.86. The van der Waals surface area contributed by atoms with Crippen molar-refractivity contribution >= 4 is 34.1 Å². The molecular weight excluding hydrogens is 310 g/mol. The Morgan fingerprint density at radius 3 is 2.52 bits per heavy atom. The van der Waals surface area contributed by atoms with Crippen LogP contribution in [0.4, 0.5) is 0 Å². The van der Waals surface area contributed by atoms with Gasteiger partial charge in [0.05, 0.1) is 17.5 Å². The molecule has 118 valence electrons. The highest BCUT2D eigenvalue weighted by Gasteiger charge is 2.21. The number of thiophene rings is 1. The number of nitrogens with zero attached hydrogens (tertiary/aromatic N) is 1. The van der Waals surface area contributed by atoms with Gasteiger partial charge in [0.15, 0.2) is 0 Å². The number of carbonyl (C=O) groups excluding carboxylic acids is 2. The number of rotatable bonds is 4. The Morgan fingerprint density at radius 1 is 1.17 bits per heavy atom. The summed E-state index contributed by atoms with van der Waals surface area (Å²) in [7, 11) is 0. The molecule has 0 aliphatic heterocycles. The zero-order valence-electron chi connectivity index (χ0n) is 12.9. The molecule has 6 heteroatoms. The van der Waals surface area contributed by atoms with Crippen LogP contribution in [0.1, 0.15) is 26.4 Å². The third kappa shape index (κ3) is 2.51. The predicted octanol–water partition coefficient (Wildman–Crippen LogP) is 2.44. The van der Waals surface area contributed by atoms with Gasteiger partial charge in [0, 0.05) is 16.5 Å². The monoisotopic (exact) mass is 327 g/mol. The number of aryl methyl sites for hydroxylation is 1. The highest BCUT2D eigenvalue weighted by Crippen LogP contribution is 2.34. The van der Waals surface area contributed by atoms with E-state index in [1.165, 1.54) is 11.3 Å². The molecule has 0 aliphatic carbocycles. The summed E-state index contributed by atoms with van der Waals surface area (Å²) < 4.78 is 1.93. The lowest BCUT2D eigenvalue weighted by Gasteiger charge is -2.05. The number of aromatic nitrogens is 1. The molecule has 0 atom stereocenters. The summed E-state index contributed by atoms with van der Waals surface area (Å²) in [6.07, 6.45) is 2.02. The molecule has 5 nitrogen and oxygen atoms in total. The van der Waals surface area contributed by atoms with Gasteiger partial charge in [-0.25, -0.2) is 0 Å². The van der Waals surface area contributed by atoms with Crippen LogP contribution < -0.4 is 11.5 Å². The smallest absolute Gasteiger partial charge is 0.252 e. The van der Waals surface area contributed by atoms with E-state index in [0.29, 0.717) is 5.56 Å². The number of hydrogen-bond acceptors (Lipinski definition) is 3. The first-order valence-electron chi connectivity index (χ1n) is 7.17. The Bertz CT molecular complexity index is 937. The number of carbonyl (C=O) groups is 2. The van der Waals surface area contributed by atoms with E-state index in [0.717, 1.165) is 31.9 Å². The number of primary amides is 2. The maximum absolute atomic E-state index is 11.9. The average molecular weight is 327 g/mol. The molecule has 4 N–H and O–H groups in total. The van der Waals surface area contributed by atoms with E-state index >= 15 is 0 Å². The molecule has 0 aliphatic rings. The van der Waals surface area contributed by atoms with Crippen molar-refractivity contribution in [3.8, 4) is 5.00 Å². The summed E-state index contributed by atoms with van der Waals surface area (Å²) in [5, 5.41) is 1.73. The zero-order chi connectivity index (χ0) is 16.7. The van der Waals surface area contributed by atoms with E-state index in [1.54, 1.807) is 0 Å². The average Bonchev–Trinajstić information content (AvgIpc) is 2.98. The predicted molar refractivity (Wildman–Crippen MR) is 92.0 cm³/mol. The fourth-order valence-corrected chi connectivity index (χ4v) is 3.97. The minimum Gasteiger partial charge on any atom is -0.369 e. The molecule has 0 radical (unpaired) electrons. The second-order valence-electron chi connectivity index (χ2n) is 5.51. The number of fused-ring (bicyclic) bond motifs is 1. The van der Waals surface area contributed by atoms with Crippen molar-refractivity contribution in [3.05, 3.63) is 52.0 Å². The molecule has 2 amide bonds. The molecular formula is C17H17N3O2S. The minimum atomic E-state index is -0.448. The second kappa shape index (κ2) is 5.55. The van der Waals surface area contributed by atoms with E-state index < -0.39 is 5.91 Å². The molecule has 3 rings (SSSR count). The highest BCUT2D eigenvalue weighted by atomic mass is 32.1. The van der Waals surface area contributed by atoms with E-state index in [1.807, 2.05) is 48.9 Å². The van der Waals surface area contributed by atoms with E-state index in [-0.39, 0.29) is 12.3 Å². The first kappa shape index (κ1) is 15.3. The molecule has 0 fully saturated rings. The summed E-state index contributed by atoms with van der Waals surface area (Å²) in [5.74, 6) is -0.836. The minimum absolute atomic E-state index is 0.156. The molecule has 2 heterocycles. The Morgan fingerprint density at radius 2 is 1.87 bits per heavy atom. The highest BCUT2D eigenvalue weighted by molar-refractivity contribution is 7.15.